The molecule has 0 spiro atoms. The maximum atomic E-state index is 10.0. The van der Waals surface area contributed by atoms with Crippen LogP contribution in [0.15, 0.2) is 12.1 Å². The molecule has 4 heteroatoms. The Morgan fingerprint density at radius 1 is 1.50 bits per heavy atom. The third-order valence-corrected chi connectivity index (χ3v) is 2.49. The van der Waals surface area contributed by atoms with Crippen LogP contribution < -0.4 is 11.1 Å². The number of anilines is 2. The van der Waals surface area contributed by atoms with E-state index in [-0.39, 0.29) is 0 Å². The number of aliphatic hydroxyl groups is 1. The summed E-state index contributed by atoms with van der Waals surface area (Å²) in [5.74, 6) is 0.649. The second-order valence-electron chi connectivity index (χ2n) is 4.49. The lowest BCUT2D eigenvalue weighted by Crippen LogP contribution is -2.33. The molecule has 1 rings (SSSR count). The van der Waals surface area contributed by atoms with E-state index in [2.05, 4.69) is 10.3 Å². The van der Waals surface area contributed by atoms with E-state index in [1.54, 1.807) is 0 Å². The van der Waals surface area contributed by atoms with Gasteiger partial charge in [-0.3, -0.25) is 0 Å². The molecule has 0 fully saturated rings. The molecule has 90 valence electrons. The molecule has 4 N–H and O–H groups in total. The van der Waals surface area contributed by atoms with Crippen LogP contribution in [0, 0.1) is 6.92 Å². The van der Waals surface area contributed by atoms with Gasteiger partial charge in [-0.05, 0) is 32.4 Å². The molecule has 1 aromatic heterocycles. The number of nitrogens with one attached hydrogen (secondary N) is 1. The highest BCUT2D eigenvalue weighted by Crippen LogP contribution is 2.18. The Hall–Kier alpha value is -1.29. The van der Waals surface area contributed by atoms with E-state index in [9.17, 15) is 5.11 Å². The van der Waals surface area contributed by atoms with Crippen molar-refractivity contribution in [2.75, 3.05) is 17.6 Å². The topological polar surface area (TPSA) is 71.2 Å². The zero-order valence-corrected chi connectivity index (χ0v) is 10.2. The highest BCUT2D eigenvalue weighted by atomic mass is 16.3. The molecule has 0 aliphatic carbocycles. The molecule has 1 heterocycles. The van der Waals surface area contributed by atoms with Crippen molar-refractivity contribution in [3.63, 3.8) is 0 Å². The lowest BCUT2D eigenvalue weighted by atomic mass is 10.0. The summed E-state index contributed by atoms with van der Waals surface area (Å²) in [6.07, 6.45) is 1.71. The number of aromatic nitrogens is 1. The fourth-order valence-electron chi connectivity index (χ4n) is 1.61. The second kappa shape index (κ2) is 5.16. The molecule has 16 heavy (non-hydrogen) atoms. The number of nitrogen functional groups attached to an aromatic ring is 1. The maximum Gasteiger partial charge on any atom is 0.149 e. The minimum absolute atomic E-state index is 0.460. The molecule has 0 saturated heterocycles. The molecule has 1 aromatic rings. The van der Waals surface area contributed by atoms with Crippen molar-refractivity contribution in [2.45, 2.75) is 39.2 Å². The SMILES string of the molecule is CCCC(C)(O)CNc1nc(C)ccc1N. The third-order valence-electron chi connectivity index (χ3n) is 2.49. The molecule has 0 aliphatic rings. The van der Waals surface area contributed by atoms with Crippen LogP contribution >= 0.6 is 0 Å². The van der Waals surface area contributed by atoms with Crippen molar-refractivity contribution in [1.82, 2.24) is 4.98 Å². The van der Waals surface area contributed by atoms with Crippen LogP contribution in [0.3, 0.4) is 0 Å². The fourth-order valence-corrected chi connectivity index (χ4v) is 1.61. The van der Waals surface area contributed by atoms with Gasteiger partial charge in [0.1, 0.15) is 5.82 Å². The summed E-state index contributed by atoms with van der Waals surface area (Å²) >= 11 is 0. The summed E-state index contributed by atoms with van der Waals surface area (Å²) in [5.41, 5.74) is 6.59. The van der Waals surface area contributed by atoms with Crippen molar-refractivity contribution in [1.29, 1.82) is 0 Å². The standard InChI is InChI=1S/C12H21N3O/c1-4-7-12(3,16)8-14-11-10(13)6-5-9(2)15-11/h5-6,16H,4,7-8,13H2,1-3H3,(H,14,15). The van der Waals surface area contributed by atoms with Gasteiger partial charge in [-0.2, -0.15) is 0 Å². The summed E-state index contributed by atoms with van der Waals surface area (Å²) in [6.45, 7) is 6.24. The van der Waals surface area contributed by atoms with Crippen molar-refractivity contribution in [3.8, 4) is 0 Å². The van der Waals surface area contributed by atoms with Crippen LogP contribution in [0.4, 0.5) is 11.5 Å². The van der Waals surface area contributed by atoms with Gasteiger partial charge in [0.05, 0.1) is 11.3 Å². The molecule has 4 nitrogen and oxygen atoms in total. The van der Waals surface area contributed by atoms with Gasteiger partial charge < -0.3 is 16.2 Å². The van der Waals surface area contributed by atoms with Gasteiger partial charge in [-0.1, -0.05) is 13.3 Å². The van der Waals surface area contributed by atoms with Crippen molar-refractivity contribution < 1.29 is 5.11 Å². The molecule has 0 amide bonds. The van der Waals surface area contributed by atoms with Crippen molar-refractivity contribution in [3.05, 3.63) is 17.8 Å². The number of nitrogens with zero attached hydrogens (tertiary/aromatic N) is 1. The largest absolute Gasteiger partial charge is 0.396 e. The summed E-state index contributed by atoms with van der Waals surface area (Å²) < 4.78 is 0. The van der Waals surface area contributed by atoms with Crippen LogP contribution in [0.25, 0.3) is 0 Å². The summed E-state index contributed by atoms with van der Waals surface area (Å²) in [5, 5.41) is 13.1. The molecule has 0 aliphatic heterocycles. The van der Waals surface area contributed by atoms with E-state index in [1.165, 1.54) is 0 Å². The number of hydrogen-bond acceptors (Lipinski definition) is 4. The minimum Gasteiger partial charge on any atom is -0.396 e. The number of nitrogens with two attached hydrogens (primary N) is 1. The molecule has 0 bridgehead atoms. The fraction of sp³-hybridized carbons (Fsp3) is 0.583. The Morgan fingerprint density at radius 2 is 2.19 bits per heavy atom. The Bertz CT molecular complexity index is 350. The predicted molar refractivity (Wildman–Crippen MR) is 67.4 cm³/mol. The molecule has 0 radical (unpaired) electrons. The van der Waals surface area contributed by atoms with Crippen LogP contribution in [0.1, 0.15) is 32.4 Å². The van der Waals surface area contributed by atoms with Gasteiger partial charge in [0.2, 0.25) is 0 Å². The predicted octanol–water partition coefficient (Wildman–Crippen LogP) is 1.94. The Labute approximate surface area is 96.9 Å². The van der Waals surface area contributed by atoms with Crippen molar-refractivity contribution in [2.24, 2.45) is 0 Å². The van der Waals surface area contributed by atoms with Crippen LogP contribution in [0.5, 0.6) is 0 Å². The molecular formula is C12H21N3O. The van der Waals surface area contributed by atoms with Crippen LogP contribution in [-0.4, -0.2) is 22.2 Å². The average Bonchev–Trinajstić information content (AvgIpc) is 2.19. The normalized spacial score (nSPS) is 14.5. The molecule has 0 aromatic carbocycles. The lowest BCUT2D eigenvalue weighted by molar-refractivity contribution is 0.0636. The van der Waals surface area contributed by atoms with E-state index in [4.69, 9.17) is 5.73 Å². The van der Waals surface area contributed by atoms with Gasteiger partial charge in [-0.15, -0.1) is 0 Å². The quantitative estimate of drug-likeness (QED) is 0.713. The molecular weight excluding hydrogens is 202 g/mol. The first kappa shape index (κ1) is 12.8. The van der Waals surface area contributed by atoms with Gasteiger partial charge in [-0.25, -0.2) is 4.98 Å². The zero-order chi connectivity index (χ0) is 12.2. The van der Waals surface area contributed by atoms with E-state index >= 15 is 0 Å². The van der Waals surface area contributed by atoms with E-state index in [0.717, 1.165) is 18.5 Å². The van der Waals surface area contributed by atoms with E-state index < -0.39 is 5.60 Å². The first-order chi connectivity index (χ1) is 7.44. The molecule has 0 saturated carbocycles. The van der Waals surface area contributed by atoms with Gasteiger partial charge in [0.25, 0.3) is 0 Å². The van der Waals surface area contributed by atoms with Crippen LogP contribution in [0.2, 0.25) is 0 Å². The monoisotopic (exact) mass is 223 g/mol. The van der Waals surface area contributed by atoms with Gasteiger partial charge in [0, 0.05) is 12.2 Å². The summed E-state index contributed by atoms with van der Waals surface area (Å²) in [4.78, 5) is 4.29. The number of aryl methyl sites for hydroxylation is 1. The van der Waals surface area contributed by atoms with Gasteiger partial charge in [0.15, 0.2) is 0 Å². The molecule has 1 atom stereocenters. The minimum atomic E-state index is -0.716. The Balaban J connectivity index is 2.63. The number of hydrogen-bond donors (Lipinski definition) is 3. The lowest BCUT2D eigenvalue weighted by Gasteiger charge is -2.23. The number of rotatable bonds is 5. The van der Waals surface area contributed by atoms with Crippen molar-refractivity contribution >= 4 is 11.5 Å². The molecule has 1 unspecified atom stereocenters. The summed E-state index contributed by atoms with van der Waals surface area (Å²) in [6, 6.07) is 3.68. The van der Waals surface area contributed by atoms with E-state index in [0.29, 0.717) is 18.1 Å². The third kappa shape index (κ3) is 3.70. The first-order valence-electron chi connectivity index (χ1n) is 5.64. The zero-order valence-electron chi connectivity index (χ0n) is 10.2. The first-order valence-corrected chi connectivity index (χ1v) is 5.64. The van der Waals surface area contributed by atoms with Gasteiger partial charge >= 0.3 is 0 Å². The highest BCUT2D eigenvalue weighted by Gasteiger charge is 2.19. The maximum absolute atomic E-state index is 10.0. The van der Waals surface area contributed by atoms with E-state index in [1.807, 2.05) is 32.9 Å². The Kier molecular flexibility index (Phi) is 4.12. The second-order valence-corrected chi connectivity index (χ2v) is 4.49. The highest BCUT2D eigenvalue weighted by molar-refractivity contribution is 5.61. The number of pyridine rings is 1. The average molecular weight is 223 g/mol. The Morgan fingerprint density at radius 3 is 2.81 bits per heavy atom. The summed E-state index contributed by atoms with van der Waals surface area (Å²) in [7, 11) is 0. The van der Waals surface area contributed by atoms with Crippen LogP contribution in [-0.2, 0) is 0 Å². The smallest absolute Gasteiger partial charge is 0.149 e.